The Morgan fingerprint density at radius 2 is 0.529 bits per heavy atom. The van der Waals surface area contributed by atoms with E-state index in [2.05, 4.69) is 5.14 Å². The zero-order valence-electron chi connectivity index (χ0n) is 29.0. The van der Waals surface area contributed by atoms with Crippen molar-refractivity contribution in [2.75, 3.05) is 0 Å². The summed E-state index contributed by atoms with van der Waals surface area (Å²) in [5, 5.41) is -20.7. The monoisotopic (exact) mass is 1170 g/mol. The predicted molar refractivity (Wildman–Crippen MR) is 139 cm³/mol. The van der Waals surface area contributed by atoms with Crippen LogP contribution in [0.4, 0.5) is 123 Å². The fraction of sp³-hybridized carbons (Fsp3) is 0.824. The Hall–Kier alpha value is -3.95. The molecule has 0 radical (unpaired) electrons. The first-order valence-electron chi connectivity index (χ1n) is 13.6. The van der Waals surface area contributed by atoms with Gasteiger partial charge in [0.1, 0.15) is 0 Å². The van der Waals surface area contributed by atoms with Crippen molar-refractivity contribution < 1.29 is 190 Å². The molecule has 0 aliphatic heterocycles. The van der Waals surface area contributed by atoms with Gasteiger partial charge in [-0.15, -0.1) is 0 Å². The maximum atomic E-state index is 14.7. The van der Waals surface area contributed by atoms with Crippen molar-refractivity contribution in [1.82, 2.24) is 14.2 Å². The molecule has 68 heavy (non-hydrogen) atoms. The highest BCUT2D eigenvalue weighted by molar-refractivity contribution is 7.91. The van der Waals surface area contributed by atoms with Gasteiger partial charge in [-0.25, -0.2) is 27.7 Å². The van der Waals surface area contributed by atoms with Crippen molar-refractivity contribution in [2.45, 2.75) is 81.5 Å². The zero-order chi connectivity index (χ0) is 56.0. The normalized spacial score (nSPS) is 18.1. The molecule has 0 aliphatic rings. The number of alkyl halides is 28. The van der Waals surface area contributed by atoms with Gasteiger partial charge in [-0.05, 0) is 0 Å². The highest BCUT2D eigenvalue weighted by atomic mass is 32.2. The minimum Gasteiger partial charge on any atom is -0.331 e. The van der Waals surface area contributed by atoms with E-state index in [1.807, 2.05) is 0 Å². The van der Waals surface area contributed by atoms with E-state index in [1.54, 1.807) is 4.74 Å². The minimum atomic E-state index is -9.18. The molecule has 0 aromatic carbocycles. The van der Waals surface area contributed by atoms with Crippen molar-refractivity contribution in [3.05, 3.63) is 0 Å². The molecule has 0 bridgehead atoms. The summed E-state index contributed by atoms with van der Waals surface area (Å²) in [6, 6.07) is 0. The topological polar surface area (TPSA) is 298 Å². The lowest BCUT2D eigenvalue weighted by Gasteiger charge is -2.35. The number of ether oxygens (including phenoxy) is 3. The van der Waals surface area contributed by atoms with Gasteiger partial charge >= 0.3 is 129 Å². The van der Waals surface area contributed by atoms with Crippen LogP contribution in [0, 0.1) is 0 Å². The van der Waals surface area contributed by atoms with Gasteiger partial charge in [0.2, 0.25) is 0 Å². The number of hydrogen-bond donors (Lipinski definition) is 5. The van der Waals surface area contributed by atoms with Gasteiger partial charge in [-0.3, -0.25) is 28.6 Å². The molecule has 0 aliphatic carbocycles. The average Bonchev–Trinajstić information content (AvgIpc) is 3.03. The van der Waals surface area contributed by atoms with Gasteiger partial charge in [-0.1, -0.05) is 0 Å². The number of carbonyl (C=O) groups excluding carboxylic acids is 3. The number of nitrogens with two attached hydrogens (primary N) is 1. The standard InChI is InChI=1S/C17H6F28N4O15S4/c18-4(7(21,22)23,62-11(32,33)15(40,41)65(46,54)55)2(51)48-67(58,59)17(44,45)13(36,37)64-6(20,9(27,28)29)3(52)49-68(60,61)16(42,43)12(34,35)63-5(19,8(24,25)26)1(50)47-66(56,57)14(38,39)10(30,31)53/h53H,(H,47,50)(H,48,51)(H,49,52)(H2,46,54,55). The van der Waals surface area contributed by atoms with E-state index >= 15 is 0 Å². The molecule has 51 heteroatoms. The Bertz CT molecular complexity index is 2440. The van der Waals surface area contributed by atoms with E-state index < -0.39 is 154 Å². The molecule has 0 saturated heterocycles. The zero-order valence-corrected chi connectivity index (χ0v) is 32.2. The maximum absolute atomic E-state index is 14.7. The Morgan fingerprint density at radius 1 is 0.353 bits per heavy atom. The molecule has 0 aromatic rings. The predicted octanol–water partition coefficient (Wildman–Crippen LogP) is 2.08. The fourth-order valence-corrected chi connectivity index (χ4v) is 5.72. The molecule has 0 heterocycles. The van der Waals surface area contributed by atoms with Crippen LogP contribution in [0.3, 0.4) is 0 Å². The molecular formula is C17H6F28N4O15S4. The van der Waals surface area contributed by atoms with Crippen LogP contribution in [0.25, 0.3) is 0 Å². The molecule has 19 nitrogen and oxygen atoms in total. The average molecular weight is 1170 g/mol. The maximum Gasteiger partial charge on any atom is 0.458 e. The van der Waals surface area contributed by atoms with Crippen molar-refractivity contribution in [2.24, 2.45) is 5.14 Å². The van der Waals surface area contributed by atoms with Crippen LogP contribution in [0.2, 0.25) is 0 Å². The van der Waals surface area contributed by atoms with Gasteiger partial charge in [0.05, 0.1) is 0 Å². The molecule has 0 rings (SSSR count). The third-order valence-electron chi connectivity index (χ3n) is 6.19. The van der Waals surface area contributed by atoms with Crippen molar-refractivity contribution in [3.63, 3.8) is 0 Å². The second kappa shape index (κ2) is 17.1. The van der Waals surface area contributed by atoms with Gasteiger partial charge in [0, 0.05) is 0 Å². The fourth-order valence-electron chi connectivity index (χ4n) is 2.80. The number of primary sulfonamides is 1. The minimum absolute atomic E-state index is 1.30. The van der Waals surface area contributed by atoms with E-state index in [-0.39, 0.29) is 0 Å². The van der Waals surface area contributed by atoms with Crippen LogP contribution in [-0.4, -0.2) is 138 Å². The van der Waals surface area contributed by atoms with E-state index in [1.165, 1.54) is 9.47 Å². The lowest BCUT2D eigenvalue weighted by molar-refractivity contribution is -0.423. The lowest BCUT2D eigenvalue weighted by atomic mass is 10.3. The number of rotatable bonds is 20. The van der Waals surface area contributed by atoms with Gasteiger partial charge in [0.15, 0.2) is 0 Å². The Balaban J connectivity index is 7.36. The first kappa shape index (κ1) is 64.0. The lowest BCUT2D eigenvalue weighted by Crippen LogP contribution is -2.68. The summed E-state index contributed by atoms with van der Waals surface area (Å²) < 4.78 is 472. The molecule has 0 aromatic heterocycles. The molecule has 0 fully saturated rings. The first-order chi connectivity index (χ1) is 28.8. The molecule has 3 amide bonds. The van der Waals surface area contributed by atoms with Crippen LogP contribution < -0.4 is 19.3 Å². The second-order valence-corrected chi connectivity index (χ2v) is 17.9. The Kier molecular flexibility index (Phi) is 16.1. The third kappa shape index (κ3) is 10.8. The summed E-state index contributed by atoms with van der Waals surface area (Å²) in [6.07, 6.45) is -56.7. The largest absolute Gasteiger partial charge is 0.458 e. The van der Waals surface area contributed by atoms with Gasteiger partial charge < -0.3 is 5.11 Å². The summed E-state index contributed by atoms with van der Waals surface area (Å²) in [5.41, 5.74) is 0. The number of carbonyl (C=O) groups is 3. The molecule has 6 N–H and O–H groups in total. The number of sulfonamides is 4. The smallest absolute Gasteiger partial charge is 0.331 e. The number of nitrogens with one attached hydrogen (secondary N) is 3. The highest BCUT2D eigenvalue weighted by Gasteiger charge is 2.81. The number of aliphatic hydroxyl groups is 1. The second-order valence-electron chi connectivity index (χ2n) is 11.1. The third-order valence-corrected chi connectivity index (χ3v) is 11.3. The van der Waals surface area contributed by atoms with Gasteiger partial charge in [-0.2, -0.15) is 148 Å². The SMILES string of the molecule is NS(=O)(=O)C(F)(F)C(F)(F)OC(F)(C(=O)NS(=O)(=O)C(F)(F)C(F)(F)OC(F)(C(=O)NS(=O)(=O)C(F)(F)C(F)(F)OC(F)(C(=O)NS(=O)(=O)C(F)(F)C(O)(F)F)C(F)(F)F)C(F)(F)F)C(F)(F)F. The summed E-state index contributed by atoms with van der Waals surface area (Å²) in [7, 11) is -33.9. The Labute approximate surface area is 349 Å². The molecular weight excluding hydrogens is 1160 g/mol. The van der Waals surface area contributed by atoms with Crippen LogP contribution in [-0.2, 0) is 68.7 Å². The molecule has 3 atom stereocenters. The summed E-state index contributed by atoms with van der Waals surface area (Å²) in [5.74, 6) is -39.9. The van der Waals surface area contributed by atoms with Crippen LogP contribution in [0.5, 0.6) is 0 Å². The molecule has 0 spiro atoms. The van der Waals surface area contributed by atoms with E-state index in [0.717, 1.165) is 0 Å². The Morgan fingerprint density at radius 3 is 0.691 bits per heavy atom. The van der Waals surface area contributed by atoms with E-state index in [4.69, 9.17) is 5.11 Å². The van der Waals surface area contributed by atoms with Crippen LogP contribution >= 0.6 is 0 Å². The summed E-state index contributed by atoms with van der Waals surface area (Å²) in [4.78, 5) is 34.7. The quantitative estimate of drug-likeness (QED) is 0.109. The van der Waals surface area contributed by atoms with Crippen molar-refractivity contribution >= 4 is 57.8 Å². The number of amides is 3. The number of hydrogen-bond acceptors (Lipinski definition) is 15. The molecule has 3 unspecified atom stereocenters. The van der Waals surface area contributed by atoms with Gasteiger partial charge in [0.25, 0.3) is 10.0 Å². The van der Waals surface area contributed by atoms with E-state index in [9.17, 15) is 171 Å². The summed E-state index contributed by atoms with van der Waals surface area (Å²) in [6.45, 7) is 0. The van der Waals surface area contributed by atoms with Crippen molar-refractivity contribution in [1.29, 1.82) is 0 Å². The highest BCUT2D eigenvalue weighted by Crippen LogP contribution is 2.51. The molecule has 0 saturated carbocycles. The molecule has 404 valence electrons. The van der Waals surface area contributed by atoms with E-state index in [0.29, 0.717) is 0 Å². The van der Waals surface area contributed by atoms with Crippen molar-refractivity contribution in [3.8, 4) is 0 Å². The van der Waals surface area contributed by atoms with Crippen LogP contribution in [0.15, 0.2) is 0 Å². The van der Waals surface area contributed by atoms with Crippen LogP contribution in [0.1, 0.15) is 0 Å². The first-order valence-corrected chi connectivity index (χ1v) is 19.6. The number of halogens is 28. The summed E-state index contributed by atoms with van der Waals surface area (Å²) >= 11 is 0.